The first-order chi connectivity index (χ1) is 12.6. The third-order valence-corrected chi connectivity index (χ3v) is 4.24. The van der Waals surface area contributed by atoms with Crippen LogP contribution in [-0.2, 0) is 0 Å². The summed E-state index contributed by atoms with van der Waals surface area (Å²) in [6.45, 7) is 3.94. The first kappa shape index (κ1) is 16.0. The van der Waals surface area contributed by atoms with Crippen LogP contribution in [-0.4, -0.2) is 20.7 Å². The maximum absolute atomic E-state index is 12.5. The van der Waals surface area contributed by atoms with Crippen molar-refractivity contribution in [3.05, 3.63) is 83.6 Å². The van der Waals surface area contributed by atoms with Crippen molar-refractivity contribution in [2.45, 2.75) is 13.8 Å². The summed E-state index contributed by atoms with van der Waals surface area (Å²) in [5.41, 5.74) is 3.41. The number of amides is 1. The molecule has 1 N–H and O–H groups in total. The molecule has 2 aromatic heterocycles. The van der Waals surface area contributed by atoms with E-state index in [4.69, 9.17) is 4.98 Å². The van der Waals surface area contributed by atoms with Gasteiger partial charge in [0.2, 0.25) is 0 Å². The Balaban J connectivity index is 1.75. The molecule has 4 rings (SSSR count). The molecule has 0 bridgehead atoms. The fourth-order valence-corrected chi connectivity index (χ4v) is 2.98. The molecule has 1 amide bonds. The second-order valence-corrected chi connectivity index (χ2v) is 6.22. The molecule has 4 aromatic rings. The molecule has 5 heteroatoms. The van der Waals surface area contributed by atoms with Crippen LogP contribution in [0.25, 0.3) is 16.7 Å². The number of aromatic nitrogens is 3. The van der Waals surface area contributed by atoms with Crippen molar-refractivity contribution in [3.8, 4) is 5.82 Å². The van der Waals surface area contributed by atoms with Crippen LogP contribution >= 0.6 is 0 Å². The summed E-state index contributed by atoms with van der Waals surface area (Å²) in [5, 5.41) is 8.56. The van der Waals surface area contributed by atoms with E-state index in [1.807, 2.05) is 68.4 Å². The van der Waals surface area contributed by atoms with Crippen LogP contribution in [0.5, 0.6) is 0 Å². The molecule has 0 aliphatic heterocycles. The monoisotopic (exact) mass is 342 g/mol. The summed E-state index contributed by atoms with van der Waals surface area (Å²) in [5.74, 6) is 1.10. The van der Waals surface area contributed by atoms with E-state index >= 15 is 0 Å². The van der Waals surface area contributed by atoms with Crippen LogP contribution in [0.2, 0.25) is 0 Å². The molecule has 0 atom stereocenters. The normalized spacial score (nSPS) is 10.8. The van der Waals surface area contributed by atoms with Gasteiger partial charge in [-0.05, 0) is 43.7 Å². The zero-order valence-electron chi connectivity index (χ0n) is 14.6. The lowest BCUT2D eigenvalue weighted by molar-refractivity contribution is 0.102. The average Bonchev–Trinajstić information content (AvgIpc) is 3.02. The maximum Gasteiger partial charge on any atom is 0.256 e. The number of hydrogen-bond donors (Lipinski definition) is 1. The van der Waals surface area contributed by atoms with E-state index in [9.17, 15) is 4.79 Å². The molecule has 128 valence electrons. The molecule has 0 saturated carbocycles. The zero-order valence-corrected chi connectivity index (χ0v) is 14.6. The molecular weight excluding hydrogens is 324 g/mol. The standard InChI is InChI=1S/C21H18N4O/c1-14-12-19(22-18-11-7-6-10-17(14)18)25-20(13-15(2)24-25)23-21(26)16-8-4-3-5-9-16/h3-13H,1-2H3,(H,23,26). The number of para-hydroxylation sites is 1. The number of anilines is 1. The molecule has 0 aliphatic rings. The Labute approximate surface area is 151 Å². The molecule has 0 spiro atoms. The van der Waals surface area contributed by atoms with Gasteiger partial charge < -0.3 is 5.32 Å². The smallest absolute Gasteiger partial charge is 0.256 e. The van der Waals surface area contributed by atoms with Crippen LogP contribution in [0.1, 0.15) is 21.6 Å². The van der Waals surface area contributed by atoms with Gasteiger partial charge in [-0.2, -0.15) is 9.78 Å². The Morgan fingerprint density at radius 3 is 2.50 bits per heavy atom. The quantitative estimate of drug-likeness (QED) is 0.604. The topological polar surface area (TPSA) is 59.8 Å². The maximum atomic E-state index is 12.5. The predicted octanol–water partition coefficient (Wildman–Crippen LogP) is 4.29. The Kier molecular flexibility index (Phi) is 3.97. The van der Waals surface area contributed by atoms with Crippen molar-refractivity contribution in [2.75, 3.05) is 5.32 Å². The van der Waals surface area contributed by atoms with Crippen LogP contribution in [0.15, 0.2) is 66.7 Å². The highest BCUT2D eigenvalue weighted by Gasteiger charge is 2.14. The number of pyridine rings is 1. The summed E-state index contributed by atoms with van der Waals surface area (Å²) in [4.78, 5) is 17.2. The van der Waals surface area contributed by atoms with Gasteiger partial charge in [0, 0.05) is 17.0 Å². The van der Waals surface area contributed by atoms with Gasteiger partial charge in [0.05, 0.1) is 11.2 Å². The largest absolute Gasteiger partial charge is 0.306 e. The van der Waals surface area contributed by atoms with Crippen molar-refractivity contribution in [3.63, 3.8) is 0 Å². The molecule has 26 heavy (non-hydrogen) atoms. The second-order valence-electron chi connectivity index (χ2n) is 6.22. The van der Waals surface area contributed by atoms with Gasteiger partial charge in [-0.3, -0.25) is 4.79 Å². The van der Waals surface area contributed by atoms with E-state index in [2.05, 4.69) is 10.4 Å². The third kappa shape index (κ3) is 2.95. The van der Waals surface area contributed by atoms with Crippen molar-refractivity contribution in [2.24, 2.45) is 0 Å². The van der Waals surface area contributed by atoms with Crippen molar-refractivity contribution < 1.29 is 4.79 Å². The number of aryl methyl sites for hydroxylation is 2. The van der Waals surface area contributed by atoms with E-state index in [1.165, 1.54) is 0 Å². The summed E-state index contributed by atoms with van der Waals surface area (Å²) >= 11 is 0. The van der Waals surface area contributed by atoms with E-state index in [0.717, 1.165) is 22.2 Å². The molecule has 0 radical (unpaired) electrons. The van der Waals surface area contributed by atoms with Crippen molar-refractivity contribution >= 4 is 22.6 Å². The number of rotatable bonds is 3. The zero-order chi connectivity index (χ0) is 18.1. The van der Waals surface area contributed by atoms with Crippen molar-refractivity contribution in [1.29, 1.82) is 0 Å². The van der Waals surface area contributed by atoms with Crippen LogP contribution in [0, 0.1) is 13.8 Å². The van der Waals surface area contributed by atoms with E-state index in [0.29, 0.717) is 17.2 Å². The minimum absolute atomic E-state index is 0.177. The highest BCUT2D eigenvalue weighted by atomic mass is 16.1. The second kappa shape index (κ2) is 6.44. The Morgan fingerprint density at radius 1 is 0.962 bits per heavy atom. The minimum Gasteiger partial charge on any atom is -0.306 e. The van der Waals surface area contributed by atoms with E-state index in [-0.39, 0.29) is 5.91 Å². The Bertz CT molecular complexity index is 1100. The van der Waals surface area contributed by atoms with Crippen LogP contribution in [0.4, 0.5) is 5.82 Å². The lowest BCUT2D eigenvalue weighted by Crippen LogP contribution is -2.15. The van der Waals surface area contributed by atoms with Gasteiger partial charge >= 0.3 is 0 Å². The Hall–Kier alpha value is -3.47. The van der Waals surface area contributed by atoms with Gasteiger partial charge in [-0.1, -0.05) is 36.4 Å². The molecule has 0 unspecified atom stereocenters. The number of nitrogens with zero attached hydrogens (tertiary/aromatic N) is 3. The minimum atomic E-state index is -0.177. The third-order valence-electron chi connectivity index (χ3n) is 4.24. The number of carbonyl (C=O) groups excluding carboxylic acids is 1. The molecule has 0 fully saturated rings. The van der Waals surface area contributed by atoms with Gasteiger partial charge in [-0.15, -0.1) is 0 Å². The molecule has 2 heterocycles. The number of fused-ring (bicyclic) bond motifs is 1. The SMILES string of the molecule is Cc1cc(NC(=O)c2ccccc2)n(-c2cc(C)c3ccccc3n2)n1. The van der Waals surface area contributed by atoms with E-state index in [1.54, 1.807) is 16.8 Å². The first-order valence-corrected chi connectivity index (χ1v) is 8.41. The molecule has 2 aromatic carbocycles. The molecular formula is C21H18N4O. The number of nitrogens with one attached hydrogen (secondary N) is 1. The first-order valence-electron chi connectivity index (χ1n) is 8.41. The van der Waals surface area contributed by atoms with Crippen molar-refractivity contribution in [1.82, 2.24) is 14.8 Å². The highest BCUT2D eigenvalue weighted by molar-refractivity contribution is 6.04. The molecule has 5 nitrogen and oxygen atoms in total. The van der Waals surface area contributed by atoms with Gasteiger partial charge in [0.1, 0.15) is 5.82 Å². The summed E-state index contributed by atoms with van der Waals surface area (Å²) < 4.78 is 1.68. The number of benzene rings is 2. The lowest BCUT2D eigenvalue weighted by atomic mass is 10.1. The lowest BCUT2D eigenvalue weighted by Gasteiger charge is -2.10. The fraction of sp³-hybridized carbons (Fsp3) is 0.0952. The van der Waals surface area contributed by atoms with Crippen LogP contribution < -0.4 is 5.32 Å². The molecule has 0 aliphatic carbocycles. The molecule has 0 saturated heterocycles. The van der Waals surface area contributed by atoms with Gasteiger partial charge in [0.15, 0.2) is 5.82 Å². The fourth-order valence-electron chi connectivity index (χ4n) is 2.98. The number of carbonyl (C=O) groups is 1. The van der Waals surface area contributed by atoms with Gasteiger partial charge in [-0.25, -0.2) is 4.98 Å². The average molecular weight is 342 g/mol. The summed E-state index contributed by atoms with van der Waals surface area (Å²) in [7, 11) is 0. The van der Waals surface area contributed by atoms with E-state index < -0.39 is 0 Å². The van der Waals surface area contributed by atoms with Gasteiger partial charge in [0.25, 0.3) is 5.91 Å². The number of hydrogen-bond acceptors (Lipinski definition) is 3. The van der Waals surface area contributed by atoms with Crippen LogP contribution in [0.3, 0.4) is 0 Å². The summed E-state index contributed by atoms with van der Waals surface area (Å²) in [6.07, 6.45) is 0. The highest BCUT2D eigenvalue weighted by Crippen LogP contribution is 2.22. The predicted molar refractivity (Wildman–Crippen MR) is 103 cm³/mol. The summed E-state index contributed by atoms with van der Waals surface area (Å²) in [6, 6.07) is 20.9. The Morgan fingerprint density at radius 2 is 1.69 bits per heavy atom.